The number of benzene rings is 3. The lowest BCUT2D eigenvalue weighted by Gasteiger charge is -2.36. The van der Waals surface area contributed by atoms with E-state index in [9.17, 15) is 13.2 Å². The third-order valence-corrected chi connectivity index (χ3v) is 7.71. The van der Waals surface area contributed by atoms with Crippen molar-refractivity contribution in [2.24, 2.45) is 0 Å². The quantitative estimate of drug-likeness (QED) is 0.404. The standard InChI is InChI=1S/C24H22ClN5O5S/c1-34-20-5-3-2-4-19(20)29-12-14-30(15-13-29)24(31)16-6-8-17(9-7-16)28-36(32,33)21-11-10-18(25)22-23(21)27-35-26-22/h2-11,28H,12-15H2,1H3. The van der Waals surface area contributed by atoms with E-state index in [0.717, 1.165) is 11.4 Å². The number of nitrogens with one attached hydrogen (secondary N) is 1. The molecule has 2 heterocycles. The highest BCUT2D eigenvalue weighted by molar-refractivity contribution is 7.93. The molecule has 186 valence electrons. The molecule has 0 unspecified atom stereocenters. The number of halogens is 1. The Bertz CT molecular complexity index is 1520. The summed E-state index contributed by atoms with van der Waals surface area (Å²) in [7, 11) is -2.36. The summed E-state index contributed by atoms with van der Waals surface area (Å²) in [5.41, 5.74) is 1.97. The molecule has 0 spiro atoms. The molecule has 0 atom stereocenters. The summed E-state index contributed by atoms with van der Waals surface area (Å²) in [5.74, 6) is 0.687. The number of sulfonamides is 1. The van der Waals surface area contributed by atoms with E-state index in [1.165, 1.54) is 12.1 Å². The molecule has 0 saturated carbocycles. The highest BCUT2D eigenvalue weighted by Crippen LogP contribution is 2.29. The Balaban J connectivity index is 1.25. The van der Waals surface area contributed by atoms with Gasteiger partial charge < -0.3 is 14.5 Å². The van der Waals surface area contributed by atoms with Crippen LogP contribution in [0.4, 0.5) is 11.4 Å². The van der Waals surface area contributed by atoms with Gasteiger partial charge in [0.25, 0.3) is 15.9 Å². The molecule has 0 bridgehead atoms. The number of amides is 1. The molecule has 1 saturated heterocycles. The number of aromatic nitrogens is 2. The van der Waals surface area contributed by atoms with Crippen molar-refractivity contribution < 1.29 is 22.6 Å². The van der Waals surface area contributed by atoms with E-state index in [4.69, 9.17) is 16.3 Å². The minimum Gasteiger partial charge on any atom is -0.495 e. The Morgan fingerprint density at radius 2 is 1.67 bits per heavy atom. The monoisotopic (exact) mass is 527 g/mol. The van der Waals surface area contributed by atoms with Crippen molar-refractivity contribution in [3.63, 3.8) is 0 Å². The highest BCUT2D eigenvalue weighted by atomic mass is 35.5. The number of fused-ring (bicyclic) bond motifs is 1. The average Bonchev–Trinajstić information content (AvgIpc) is 3.39. The number of piperazine rings is 1. The first-order valence-corrected chi connectivity index (χ1v) is 12.9. The molecule has 36 heavy (non-hydrogen) atoms. The van der Waals surface area contributed by atoms with Gasteiger partial charge in [0, 0.05) is 37.4 Å². The summed E-state index contributed by atoms with van der Waals surface area (Å²) in [6.07, 6.45) is 0. The van der Waals surface area contributed by atoms with Gasteiger partial charge in [0.2, 0.25) is 0 Å². The molecule has 1 N–H and O–H groups in total. The van der Waals surface area contributed by atoms with Crippen molar-refractivity contribution in [2.75, 3.05) is 42.9 Å². The Hall–Kier alpha value is -3.83. The van der Waals surface area contributed by atoms with Gasteiger partial charge >= 0.3 is 0 Å². The van der Waals surface area contributed by atoms with Crippen LogP contribution < -0.4 is 14.4 Å². The molecule has 5 rings (SSSR count). The highest BCUT2D eigenvalue weighted by Gasteiger charge is 2.25. The number of hydrogen-bond acceptors (Lipinski definition) is 8. The summed E-state index contributed by atoms with van der Waals surface area (Å²) in [6.45, 7) is 2.47. The van der Waals surface area contributed by atoms with Crippen LogP contribution in [0.25, 0.3) is 11.0 Å². The first kappa shape index (κ1) is 23.9. The molecular formula is C24H22ClN5O5S. The van der Waals surface area contributed by atoms with Gasteiger partial charge in [-0.3, -0.25) is 9.52 Å². The molecule has 4 aromatic rings. The zero-order chi connectivity index (χ0) is 25.3. The largest absolute Gasteiger partial charge is 0.495 e. The summed E-state index contributed by atoms with van der Waals surface area (Å²) in [6, 6.07) is 16.8. The average molecular weight is 528 g/mol. The first-order valence-electron chi connectivity index (χ1n) is 11.1. The molecule has 0 aliphatic carbocycles. The molecule has 1 aliphatic rings. The Morgan fingerprint density at radius 1 is 0.972 bits per heavy atom. The second-order valence-electron chi connectivity index (χ2n) is 8.14. The Kier molecular flexibility index (Phi) is 6.42. The van der Waals surface area contributed by atoms with Crippen molar-refractivity contribution in [1.29, 1.82) is 0 Å². The van der Waals surface area contributed by atoms with Crippen molar-refractivity contribution in [3.8, 4) is 5.75 Å². The van der Waals surface area contributed by atoms with Gasteiger partial charge in [0.15, 0.2) is 11.0 Å². The van der Waals surface area contributed by atoms with Crippen LogP contribution in [-0.2, 0) is 10.0 Å². The van der Waals surface area contributed by atoms with E-state index < -0.39 is 10.0 Å². The number of rotatable bonds is 6. The number of ether oxygens (including phenoxy) is 1. The predicted molar refractivity (Wildman–Crippen MR) is 135 cm³/mol. The number of hydrogen-bond donors (Lipinski definition) is 1. The summed E-state index contributed by atoms with van der Waals surface area (Å²) >= 11 is 6.02. The topological polar surface area (TPSA) is 118 Å². The van der Waals surface area contributed by atoms with E-state index in [-0.39, 0.29) is 26.9 Å². The number of carbonyl (C=O) groups excluding carboxylic acids is 1. The van der Waals surface area contributed by atoms with Gasteiger partial charge in [-0.2, -0.15) is 0 Å². The van der Waals surface area contributed by atoms with Crippen LogP contribution >= 0.6 is 11.6 Å². The fraction of sp³-hybridized carbons (Fsp3) is 0.208. The maximum absolute atomic E-state index is 13.0. The van der Waals surface area contributed by atoms with Crippen LogP contribution in [0.5, 0.6) is 5.75 Å². The molecular weight excluding hydrogens is 506 g/mol. The van der Waals surface area contributed by atoms with Crippen LogP contribution in [0.15, 0.2) is 70.2 Å². The first-order chi connectivity index (χ1) is 17.4. The van der Waals surface area contributed by atoms with Gasteiger partial charge in [0.1, 0.15) is 10.6 Å². The lowest BCUT2D eigenvalue weighted by Crippen LogP contribution is -2.48. The summed E-state index contributed by atoms with van der Waals surface area (Å²) in [4.78, 5) is 16.9. The number of carbonyl (C=O) groups is 1. The zero-order valence-corrected chi connectivity index (χ0v) is 20.8. The third-order valence-electron chi connectivity index (χ3n) is 6.00. The second-order valence-corrected chi connectivity index (χ2v) is 10.2. The van der Waals surface area contributed by atoms with Gasteiger partial charge in [-0.15, -0.1) is 0 Å². The van der Waals surface area contributed by atoms with E-state index >= 15 is 0 Å². The van der Waals surface area contributed by atoms with Crippen molar-refractivity contribution in [1.82, 2.24) is 15.2 Å². The fourth-order valence-electron chi connectivity index (χ4n) is 4.15. The Morgan fingerprint density at radius 3 is 2.39 bits per heavy atom. The molecule has 1 aromatic heterocycles. The van der Waals surface area contributed by atoms with E-state index in [1.54, 1.807) is 36.3 Å². The minimum atomic E-state index is -4.00. The summed E-state index contributed by atoms with van der Waals surface area (Å²) in [5, 5.41) is 7.54. The van der Waals surface area contributed by atoms with Crippen LogP contribution in [0.2, 0.25) is 5.02 Å². The lowest BCUT2D eigenvalue weighted by atomic mass is 10.1. The third kappa shape index (κ3) is 4.54. The molecule has 1 aliphatic heterocycles. The van der Waals surface area contributed by atoms with Crippen molar-refractivity contribution in [2.45, 2.75) is 4.90 Å². The molecule has 1 fully saturated rings. The molecule has 1 amide bonds. The maximum atomic E-state index is 13.0. The molecule has 12 heteroatoms. The number of methoxy groups -OCH3 is 1. The van der Waals surface area contributed by atoms with Gasteiger partial charge in [-0.25, -0.2) is 13.0 Å². The second kappa shape index (κ2) is 9.67. The van der Waals surface area contributed by atoms with Crippen LogP contribution in [0.3, 0.4) is 0 Å². The zero-order valence-electron chi connectivity index (χ0n) is 19.2. The van der Waals surface area contributed by atoms with E-state index in [0.29, 0.717) is 37.4 Å². The fourth-order valence-corrected chi connectivity index (χ4v) is 5.52. The van der Waals surface area contributed by atoms with E-state index in [2.05, 4.69) is 24.6 Å². The maximum Gasteiger partial charge on any atom is 0.264 e. The van der Waals surface area contributed by atoms with Gasteiger partial charge in [-0.05, 0) is 58.8 Å². The number of para-hydroxylation sites is 2. The van der Waals surface area contributed by atoms with Crippen LogP contribution in [0, 0.1) is 0 Å². The smallest absolute Gasteiger partial charge is 0.264 e. The summed E-state index contributed by atoms with van der Waals surface area (Å²) < 4.78 is 38.5. The van der Waals surface area contributed by atoms with Crippen LogP contribution in [-0.4, -0.2) is 62.8 Å². The van der Waals surface area contributed by atoms with Gasteiger partial charge in [0.05, 0.1) is 17.8 Å². The van der Waals surface area contributed by atoms with Crippen LogP contribution in [0.1, 0.15) is 10.4 Å². The molecule has 10 nitrogen and oxygen atoms in total. The predicted octanol–water partition coefficient (Wildman–Crippen LogP) is 3.65. The minimum absolute atomic E-state index is 0.0362. The van der Waals surface area contributed by atoms with E-state index in [1.807, 2.05) is 24.3 Å². The lowest BCUT2D eigenvalue weighted by molar-refractivity contribution is 0.0746. The Labute approximate surface area is 212 Å². The number of nitrogens with zero attached hydrogens (tertiary/aromatic N) is 4. The SMILES string of the molecule is COc1ccccc1N1CCN(C(=O)c2ccc(NS(=O)(=O)c3ccc(Cl)c4nonc34)cc2)CC1. The normalized spacial score (nSPS) is 14.2. The molecule has 3 aromatic carbocycles. The van der Waals surface area contributed by atoms with Crippen molar-refractivity contribution in [3.05, 3.63) is 71.2 Å². The van der Waals surface area contributed by atoms with Gasteiger partial charge in [-0.1, -0.05) is 23.7 Å². The molecule has 0 radical (unpaired) electrons. The number of anilines is 2. The van der Waals surface area contributed by atoms with Crippen molar-refractivity contribution >= 4 is 49.9 Å².